The average Bonchev–Trinajstić information content (AvgIpc) is 3.40. The molecular formula is C31H40N4O5. The maximum atomic E-state index is 14.1. The molecule has 2 aromatic carbocycles. The van der Waals surface area contributed by atoms with Gasteiger partial charge in [-0.1, -0.05) is 31.2 Å². The Morgan fingerprint density at radius 2 is 1.82 bits per heavy atom. The average molecular weight is 549 g/mol. The Morgan fingerprint density at radius 1 is 1.02 bits per heavy atom. The van der Waals surface area contributed by atoms with E-state index in [0.29, 0.717) is 44.7 Å². The van der Waals surface area contributed by atoms with E-state index >= 15 is 0 Å². The summed E-state index contributed by atoms with van der Waals surface area (Å²) >= 11 is 0. The molecule has 1 atom stereocenters. The molecule has 3 heterocycles. The van der Waals surface area contributed by atoms with E-state index in [1.54, 1.807) is 12.0 Å². The molecule has 0 spiro atoms. The van der Waals surface area contributed by atoms with Crippen molar-refractivity contribution in [3.8, 4) is 5.75 Å². The number of aromatic nitrogens is 1. The highest BCUT2D eigenvalue weighted by molar-refractivity contribution is 5.94. The Hall–Kier alpha value is -3.72. The van der Waals surface area contributed by atoms with Gasteiger partial charge in [-0.05, 0) is 43.4 Å². The third-order valence-electron chi connectivity index (χ3n) is 8.20. The van der Waals surface area contributed by atoms with Gasteiger partial charge in [-0.2, -0.15) is 0 Å². The van der Waals surface area contributed by atoms with Crippen molar-refractivity contribution in [1.29, 1.82) is 0 Å². The molecule has 40 heavy (non-hydrogen) atoms. The van der Waals surface area contributed by atoms with Gasteiger partial charge in [0.1, 0.15) is 11.2 Å². The van der Waals surface area contributed by atoms with Gasteiger partial charge >= 0.3 is 12.1 Å². The van der Waals surface area contributed by atoms with Crippen LogP contribution in [-0.4, -0.2) is 82.0 Å². The fourth-order valence-corrected chi connectivity index (χ4v) is 6.22. The summed E-state index contributed by atoms with van der Waals surface area (Å²) < 4.78 is 17.1. The van der Waals surface area contributed by atoms with Crippen LogP contribution in [-0.2, 0) is 26.1 Å². The highest BCUT2D eigenvalue weighted by atomic mass is 16.6. The Kier molecular flexibility index (Phi) is 8.49. The van der Waals surface area contributed by atoms with Crippen LogP contribution in [0.3, 0.4) is 0 Å². The van der Waals surface area contributed by atoms with Crippen LogP contribution in [0, 0.1) is 0 Å². The van der Waals surface area contributed by atoms with Crippen LogP contribution in [0.1, 0.15) is 43.0 Å². The first-order valence-electron chi connectivity index (χ1n) is 14.3. The summed E-state index contributed by atoms with van der Waals surface area (Å²) in [6.45, 7) is 6.99. The molecular weight excluding hydrogens is 508 g/mol. The molecule has 3 aromatic rings. The first kappa shape index (κ1) is 27.8. The van der Waals surface area contributed by atoms with Gasteiger partial charge < -0.3 is 34.3 Å². The van der Waals surface area contributed by atoms with E-state index in [9.17, 15) is 9.59 Å². The number of nitrogens with one attached hydrogen (secondary N) is 2. The van der Waals surface area contributed by atoms with Gasteiger partial charge in [0.25, 0.3) is 0 Å². The number of nitrogens with zero attached hydrogens (tertiary/aromatic N) is 2. The Balaban J connectivity index is 1.67. The number of piperazine rings is 1. The SMILES string of the molecule is CCCOC(=O)N1CCCC(C(=O)OC)(c2ccc(N3CCNCC3)cc2OC)c2[nH]c3ccccc3c2CC1. The summed E-state index contributed by atoms with van der Waals surface area (Å²) in [6.07, 6.45) is 2.03. The molecule has 0 saturated carbocycles. The molecule has 214 valence electrons. The minimum Gasteiger partial charge on any atom is -0.496 e. The predicted molar refractivity (Wildman–Crippen MR) is 155 cm³/mol. The number of amides is 1. The van der Waals surface area contributed by atoms with Crippen molar-refractivity contribution >= 4 is 28.7 Å². The number of rotatable bonds is 6. The smallest absolute Gasteiger partial charge is 0.409 e. The fourth-order valence-electron chi connectivity index (χ4n) is 6.22. The van der Waals surface area contributed by atoms with Gasteiger partial charge in [0.2, 0.25) is 0 Å². The zero-order chi connectivity index (χ0) is 28.1. The van der Waals surface area contributed by atoms with E-state index in [-0.39, 0.29) is 12.1 Å². The molecule has 1 fully saturated rings. The number of H-pyrrole nitrogens is 1. The normalized spacial score (nSPS) is 19.8. The van der Waals surface area contributed by atoms with Gasteiger partial charge in [0.15, 0.2) is 0 Å². The van der Waals surface area contributed by atoms with E-state index in [1.165, 1.54) is 7.11 Å². The number of aromatic amines is 1. The topological polar surface area (TPSA) is 96.1 Å². The number of carbonyl (C=O) groups excluding carboxylic acids is 2. The first-order chi connectivity index (χ1) is 19.5. The number of hydrogen-bond donors (Lipinski definition) is 2. The molecule has 2 aliphatic rings. The molecule has 0 aliphatic carbocycles. The second kappa shape index (κ2) is 12.2. The third kappa shape index (κ3) is 5.10. The second-order valence-corrected chi connectivity index (χ2v) is 10.5. The summed E-state index contributed by atoms with van der Waals surface area (Å²) in [5, 5.41) is 4.43. The van der Waals surface area contributed by atoms with Crippen molar-refractivity contribution in [2.75, 3.05) is 65.0 Å². The van der Waals surface area contributed by atoms with Crippen molar-refractivity contribution < 1.29 is 23.8 Å². The van der Waals surface area contributed by atoms with Gasteiger partial charge in [0.05, 0.1) is 20.8 Å². The lowest BCUT2D eigenvalue weighted by Gasteiger charge is -2.34. The second-order valence-electron chi connectivity index (χ2n) is 10.5. The van der Waals surface area contributed by atoms with Gasteiger partial charge in [-0.3, -0.25) is 4.79 Å². The molecule has 9 nitrogen and oxygen atoms in total. The Morgan fingerprint density at radius 3 is 2.58 bits per heavy atom. The molecule has 9 heteroatoms. The van der Waals surface area contributed by atoms with Crippen LogP contribution in [0.25, 0.3) is 10.9 Å². The van der Waals surface area contributed by atoms with Crippen molar-refractivity contribution in [2.45, 2.75) is 38.0 Å². The van der Waals surface area contributed by atoms with Crippen LogP contribution in [0.2, 0.25) is 0 Å². The summed E-state index contributed by atoms with van der Waals surface area (Å²) in [4.78, 5) is 34.7. The minimum atomic E-state index is -1.15. The number of ether oxygens (including phenoxy) is 3. The van der Waals surface area contributed by atoms with Crippen LogP contribution >= 0.6 is 0 Å². The zero-order valence-corrected chi connectivity index (χ0v) is 23.8. The molecule has 1 unspecified atom stereocenters. The standard InChI is InChI=1S/C31H40N4O5/c1-4-20-40-30(37)35-16-7-13-31(29(36)39-3,28-24(12-17-35)23-8-5-6-9-26(23)33-28)25-11-10-22(21-27(25)38-2)34-18-14-32-15-19-34/h5-6,8-11,21,32-33H,4,7,12-20H2,1-3H3. The summed E-state index contributed by atoms with van der Waals surface area (Å²) in [5.74, 6) is 0.292. The number of anilines is 1. The molecule has 0 radical (unpaired) electrons. The maximum absolute atomic E-state index is 14.1. The van der Waals surface area contributed by atoms with E-state index in [1.807, 2.05) is 37.3 Å². The highest BCUT2D eigenvalue weighted by Crippen LogP contribution is 2.46. The van der Waals surface area contributed by atoms with E-state index in [4.69, 9.17) is 14.2 Å². The Labute approximate surface area is 235 Å². The lowest BCUT2D eigenvalue weighted by Crippen LogP contribution is -2.43. The quantitative estimate of drug-likeness (QED) is 0.445. The van der Waals surface area contributed by atoms with Crippen molar-refractivity contribution in [2.24, 2.45) is 0 Å². The van der Waals surface area contributed by atoms with Crippen molar-refractivity contribution in [3.63, 3.8) is 0 Å². The van der Waals surface area contributed by atoms with Crippen LogP contribution in [0.15, 0.2) is 42.5 Å². The molecule has 1 aromatic heterocycles. The largest absolute Gasteiger partial charge is 0.496 e. The number of methoxy groups -OCH3 is 2. The fraction of sp³-hybridized carbons (Fsp3) is 0.484. The summed E-state index contributed by atoms with van der Waals surface area (Å²) in [5.41, 5.74) is 3.42. The summed E-state index contributed by atoms with van der Waals surface area (Å²) in [7, 11) is 3.09. The Bertz CT molecular complexity index is 1350. The molecule has 5 rings (SSSR count). The number of fused-ring (bicyclic) bond motifs is 3. The number of carbonyl (C=O) groups is 2. The van der Waals surface area contributed by atoms with Gasteiger partial charge in [0, 0.05) is 73.2 Å². The first-order valence-corrected chi connectivity index (χ1v) is 14.3. The highest BCUT2D eigenvalue weighted by Gasteiger charge is 2.48. The van der Waals surface area contributed by atoms with Crippen molar-refractivity contribution in [1.82, 2.24) is 15.2 Å². The summed E-state index contributed by atoms with van der Waals surface area (Å²) in [6, 6.07) is 14.2. The molecule has 2 aliphatic heterocycles. The molecule has 1 amide bonds. The molecule has 2 N–H and O–H groups in total. The third-order valence-corrected chi connectivity index (χ3v) is 8.20. The molecule has 1 saturated heterocycles. The zero-order valence-electron chi connectivity index (χ0n) is 23.8. The maximum Gasteiger partial charge on any atom is 0.409 e. The number of benzene rings is 2. The van der Waals surface area contributed by atoms with Crippen LogP contribution in [0.4, 0.5) is 10.5 Å². The number of hydrogen-bond acceptors (Lipinski definition) is 7. The lowest BCUT2D eigenvalue weighted by molar-refractivity contribution is -0.146. The molecule has 0 bridgehead atoms. The van der Waals surface area contributed by atoms with E-state index in [0.717, 1.165) is 66.0 Å². The minimum absolute atomic E-state index is 0.313. The number of esters is 1. The monoisotopic (exact) mass is 548 g/mol. The predicted octanol–water partition coefficient (Wildman–Crippen LogP) is 4.23. The van der Waals surface area contributed by atoms with Gasteiger partial charge in [-0.25, -0.2) is 4.79 Å². The van der Waals surface area contributed by atoms with Crippen LogP contribution in [0.5, 0.6) is 5.75 Å². The van der Waals surface area contributed by atoms with Gasteiger partial charge in [-0.15, -0.1) is 0 Å². The van der Waals surface area contributed by atoms with Crippen LogP contribution < -0.4 is 15.0 Å². The van der Waals surface area contributed by atoms with Crippen molar-refractivity contribution in [3.05, 3.63) is 59.3 Å². The lowest BCUT2D eigenvalue weighted by atomic mass is 9.71. The number of para-hydroxylation sites is 1. The van der Waals surface area contributed by atoms with E-state index < -0.39 is 5.41 Å². The van der Waals surface area contributed by atoms with E-state index in [2.05, 4.69) is 27.3 Å².